The molecule has 136 valence electrons. The SMILES string of the molecule is CC(CCc1ccccc1)SC1=C(C(=O)O)C=CCN1Cc1cccs1. The number of hydrogen-bond acceptors (Lipinski definition) is 4. The fourth-order valence-electron chi connectivity index (χ4n) is 2.91. The molecule has 0 saturated carbocycles. The zero-order valence-corrected chi connectivity index (χ0v) is 16.4. The molecule has 1 N–H and O–H groups in total. The van der Waals surface area contributed by atoms with Crippen LogP contribution in [0.15, 0.2) is 70.6 Å². The highest BCUT2D eigenvalue weighted by Gasteiger charge is 2.23. The van der Waals surface area contributed by atoms with Gasteiger partial charge in [-0.3, -0.25) is 0 Å². The molecule has 1 aromatic heterocycles. The van der Waals surface area contributed by atoms with Gasteiger partial charge in [0.2, 0.25) is 0 Å². The normalized spacial score (nSPS) is 15.3. The van der Waals surface area contributed by atoms with Crippen LogP contribution in [0, 0.1) is 0 Å². The van der Waals surface area contributed by atoms with Crippen LogP contribution in [0.1, 0.15) is 23.8 Å². The molecule has 0 fully saturated rings. The van der Waals surface area contributed by atoms with E-state index in [0.29, 0.717) is 10.8 Å². The van der Waals surface area contributed by atoms with Crippen molar-refractivity contribution in [2.24, 2.45) is 0 Å². The molecule has 26 heavy (non-hydrogen) atoms. The first kappa shape index (κ1) is 18.8. The highest BCUT2D eigenvalue weighted by Crippen LogP contribution is 2.34. The van der Waals surface area contributed by atoms with E-state index in [1.807, 2.05) is 18.2 Å². The number of carbonyl (C=O) groups is 1. The van der Waals surface area contributed by atoms with E-state index in [-0.39, 0.29) is 0 Å². The Hall–Kier alpha value is -1.98. The summed E-state index contributed by atoms with van der Waals surface area (Å²) >= 11 is 3.39. The number of thiophene rings is 1. The second kappa shape index (κ2) is 9.10. The average molecular weight is 386 g/mol. The van der Waals surface area contributed by atoms with Crippen molar-refractivity contribution in [3.63, 3.8) is 0 Å². The number of nitrogens with zero attached hydrogens (tertiary/aromatic N) is 1. The van der Waals surface area contributed by atoms with E-state index in [4.69, 9.17) is 0 Å². The third kappa shape index (κ3) is 5.02. The molecule has 2 aromatic rings. The maximum Gasteiger partial charge on any atom is 0.338 e. The number of thioether (sulfide) groups is 1. The zero-order chi connectivity index (χ0) is 18.4. The van der Waals surface area contributed by atoms with Gasteiger partial charge in [-0.1, -0.05) is 49.4 Å². The summed E-state index contributed by atoms with van der Waals surface area (Å²) in [5.41, 5.74) is 1.73. The Bertz CT molecular complexity index is 782. The van der Waals surface area contributed by atoms with E-state index in [9.17, 15) is 9.90 Å². The van der Waals surface area contributed by atoms with E-state index < -0.39 is 5.97 Å². The lowest BCUT2D eigenvalue weighted by Gasteiger charge is -2.30. The first-order valence-corrected chi connectivity index (χ1v) is 10.5. The van der Waals surface area contributed by atoms with Crippen molar-refractivity contribution in [3.8, 4) is 0 Å². The Balaban J connectivity index is 1.70. The molecule has 0 saturated heterocycles. The Morgan fingerprint density at radius 1 is 1.27 bits per heavy atom. The Kier molecular flexibility index (Phi) is 6.58. The molecule has 3 rings (SSSR count). The summed E-state index contributed by atoms with van der Waals surface area (Å²) in [6, 6.07) is 14.6. The van der Waals surface area contributed by atoms with Crippen LogP contribution in [0.5, 0.6) is 0 Å². The topological polar surface area (TPSA) is 40.5 Å². The van der Waals surface area contributed by atoms with Gasteiger partial charge < -0.3 is 10.0 Å². The van der Waals surface area contributed by atoms with E-state index in [1.165, 1.54) is 10.4 Å². The number of aryl methyl sites for hydroxylation is 1. The minimum atomic E-state index is -0.852. The third-order valence-electron chi connectivity index (χ3n) is 4.28. The number of aliphatic carboxylic acids is 1. The van der Waals surface area contributed by atoms with Crippen LogP contribution in [0.3, 0.4) is 0 Å². The highest BCUT2D eigenvalue weighted by molar-refractivity contribution is 8.03. The summed E-state index contributed by atoms with van der Waals surface area (Å²) in [4.78, 5) is 15.2. The molecule has 0 radical (unpaired) electrons. The van der Waals surface area contributed by atoms with Crippen molar-refractivity contribution in [1.82, 2.24) is 4.90 Å². The van der Waals surface area contributed by atoms with Gasteiger partial charge >= 0.3 is 5.97 Å². The van der Waals surface area contributed by atoms with Crippen LogP contribution in [-0.4, -0.2) is 27.8 Å². The summed E-state index contributed by atoms with van der Waals surface area (Å²) in [6.45, 7) is 3.69. The van der Waals surface area contributed by atoms with Crippen molar-refractivity contribution in [2.75, 3.05) is 6.54 Å². The van der Waals surface area contributed by atoms with Gasteiger partial charge in [0.05, 0.1) is 17.1 Å². The molecule has 3 nitrogen and oxygen atoms in total. The van der Waals surface area contributed by atoms with Crippen molar-refractivity contribution >= 4 is 29.1 Å². The van der Waals surface area contributed by atoms with Gasteiger partial charge in [0.25, 0.3) is 0 Å². The largest absolute Gasteiger partial charge is 0.478 e. The summed E-state index contributed by atoms with van der Waals surface area (Å²) in [7, 11) is 0. The lowest BCUT2D eigenvalue weighted by atomic mass is 10.1. The van der Waals surface area contributed by atoms with Gasteiger partial charge in [-0.25, -0.2) is 4.79 Å². The minimum Gasteiger partial charge on any atom is -0.478 e. The van der Waals surface area contributed by atoms with Gasteiger partial charge in [0.1, 0.15) is 0 Å². The third-order valence-corrected chi connectivity index (χ3v) is 6.48. The molecule has 2 heterocycles. The fraction of sp³-hybridized carbons (Fsp3) is 0.286. The molecule has 1 aromatic carbocycles. The Morgan fingerprint density at radius 2 is 2.08 bits per heavy atom. The van der Waals surface area contributed by atoms with Gasteiger partial charge in [-0.2, -0.15) is 0 Å². The Morgan fingerprint density at radius 3 is 2.77 bits per heavy atom. The molecular weight excluding hydrogens is 362 g/mol. The lowest BCUT2D eigenvalue weighted by Crippen LogP contribution is -2.27. The van der Waals surface area contributed by atoms with Crippen molar-refractivity contribution in [3.05, 3.63) is 81.0 Å². The van der Waals surface area contributed by atoms with Crippen LogP contribution >= 0.6 is 23.1 Å². The predicted molar refractivity (Wildman–Crippen MR) is 110 cm³/mol. The van der Waals surface area contributed by atoms with Crippen molar-refractivity contribution < 1.29 is 9.90 Å². The number of rotatable bonds is 8. The first-order chi connectivity index (χ1) is 12.6. The van der Waals surface area contributed by atoms with E-state index in [1.54, 1.807) is 29.2 Å². The predicted octanol–water partition coefficient (Wildman–Crippen LogP) is 5.17. The maximum absolute atomic E-state index is 11.7. The number of carboxylic acid groups (broad SMARTS) is 1. The Labute approximate surface area is 163 Å². The van der Waals surface area contributed by atoms with Gasteiger partial charge in [-0.05, 0) is 35.9 Å². The van der Waals surface area contributed by atoms with Gasteiger partial charge in [-0.15, -0.1) is 23.1 Å². The van der Waals surface area contributed by atoms with Gasteiger partial charge in [0, 0.05) is 16.7 Å². The summed E-state index contributed by atoms with van der Waals surface area (Å²) in [6.07, 6.45) is 5.71. The quantitative estimate of drug-likeness (QED) is 0.680. The molecule has 1 aliphatic heterocycles. The smallest absolute Gasteiger partial charge is 0.338 e. The number of carboxylic acids is 1. The van der Waals surface area contributed by atoms with Crippen LogP contribution in [0.2, 0.25) is 0 Å². The first-order valence-electron chi connectivity index (χ1n) is 8.75. The standard InChI is InChI=1S/C21H23NO2S2/c1-16(11-12-17-7-3-2-4-8-17)26-20-19(21(23)24)10-5-13-22(20)15-18-9-6-14-25-18/h2-10,14,16H,11-13,15H2,1H3,(H,23,24). The van der Waals surface area contributed by atoms with E-state index >= 15 is 0 Å². The second-order valence-electron chi connectivity index (χ2n) is 6.34. The van der Waals surface area contributed by atoms with Gasteiger partial charge in [0.15, 0.2) is 0 Å². The van der Waals surface area contributed by atoms with Crippen LogP contribution < -0.4 is 0 Å². The molecule has 1 atom stereocenters. The van der Waals surface area contributed by atoms with Crippen molar-refractivity contribution in [2.45, 2.75) is 31.6 Å². The molecule has 5 heteroatoms. The number of benzene rings is 1. The van der Waals surface area contributed by atoms with E-state index in [0.717, 1.165) is 31.0 Å². The highest BCUT2D eigenvalue weighted by atomic mass is 32.2. The second-order valence-corrected chi connectivity index (χ2v) is 8.80. The summed E-state index contributed by atoms with van der Waals surface area (Å²) < 4.78 is 0. The zero-order valence-electron chi connectivity index (χ0n) is 14.8. The molecule has 0 spiro atoms. The van der Waals surface area contributed by atoms with Crippen molar-refractivity contribution in [1.29, 1.82) is 0 Å². The minimum absolute atomic E-state index is 0.344. The molecule has 0 aliphatic carbocycles. The molecule has 0 bridgehead atoms. The monoisotopic (exact) mass is 385 g/mol. The molecule has 1 aliphatic rings. The fourth-order valence-corrected chi connectivity index (χ4v) is 4.82. The van der Waals surface area contributed by atoms with Crippen LogP contribution in [-0.2, 0) is 17.8 Å². The van der Waals surface area contributed by atoms with E-state index in [2.05, 4.69) is 47.5 Å². The maximum atomic E-state index is 11.7. The average Bonchev–Trinajstić information content (AvgIpc) is 3.15. The summed E-state index contributed by atoms with van der Waals surface area (Å²) in [5.74, 6) is -0.852. The number of hydrogen-bond donors (Lipinski definition) is 1. The molecule has 0 amide bonds. The molecule has 1 unspecified atom stereocenters. The van der Waals surface area contributed by atoms with Crippen LogP contribution in [0.25, 0.3) is 0 Å². The van der Waals surface area contributed by atoms with Crippen LogP contribution in [0.4, 0.5) is 0 Å². The molecular formula is C21H23NO2S2. The lowest BCUT2D eigenvalue weighted by molar-refractivity contribution is -0.132. The summed E-state index contributed by atoms with van der Waals surface area (Å²) in [5, 5.41) is 12.9.